The number of nitrogen functional groups attached to an aromatic ring is 1. The minimum Gasteiger partial charge on any atom is -0.368 e. The maximum atomic E-state index is 5.38. The lowest BCUT2D eigenvalue weighted by Gasteiger charge is -2.20. The molecule has 0 saturated heterocycles. The third kappa shape index (κ3) is 3.21. The number of hydrogen-bond donors (Lipinski definition) is 3. The van der Waals surface area contributed by atoms with E-state index >= 15 is 0 Å². The van der Waals surface area contributed by atoms with Crippen molar-refractivity contribution in [3.63, 3.8) is 0 Å². The summed E-state index contributed by atoms with van der Waals surface area (Å²) in [5.41, 5.74) is 5.38. The molecule has 1 rings (SSSR count). The molecule has 0 spiro atoms. The first-order chi connectivity index (χ1) is 6.59. The Labute approximate surface area is 83.9 Å². The first-order valence-electron chi connectivity index (χ1n) is 4.71. The Hall–Kier alpha value is -1.30. The van der Waals surface area contributed by atoms with Crippen molar-refractivity contribution in [3.8, 4) is 0 Å². The molecule has 0 bridgehead atoms. The maximum absolute atomic E-state index is 5.38. The third-order valence-corrected chi connectivity index (χ3v) is 2.13. The van der Waals surface area contributed by atoms with Gasteiger partial charge in [-0.15, -0.1) is 5.10 Å². The minimum absolute atomic E-state index is 0.338. The predicted octanol–water partition coefficient (Wildman–Crippen LogP) is 0.139. The molecule has 6 nitrogen and oxygen atoms in total. The van der Waals surface area contributed by atoms with E-state index in [0.717, 1.165) is 13.1 Å². The summed E-state index contributed by atoms with van der Waals surface area (Å²) in [5.74, 6) is 0.893. The number of aromatic nitrogens is 3. The van der Waals surface area contributed by atoms with Crippen LogP contribution in [0.4, 0.5) is 11.9 Å². The second-order valence-corrected chi connectivity index (χ2v) is 3.55. The van der Waals surface area contributed by atoms with E-state index < -0.39 is 0 Å². The molecule has 80 valence electrons. The van der Waals surface area contributed by atoms with Crippen molar-refractivity contribution in [1.29, 1.82) is 0 Å². The van der Waals surface area contributed by atoms with Crippen LogP contribution in [-0.4, -0.2) is 46.3 Å². The fourth-order valence-corrected chi connectivity index (χ4v) is 0.956. The Bertz CT molecular complexity index is 269. The summed E-state index contributed by atoms with van der Waals surface area (Å²) < 4.78 is 0. The fourth-order valence-electron chi connectivity index (χ4n) is 0.956. The molecule has 6 heteroatoms. The number of H-pyrrole nitrogens is 1. The molecule has 1 aromatic heterocycles. The van der Waals surface area contributed by atoms with E-state index in [0.29, 0.717) is 17.9 Å². The van der Waals surface area contributed by atoms with E-state index in [4.69, 9.17) is 5.73 Å². The van der Waals surface area contributed by atoms with Crippen molar-refractivity contribution in [2.75, 3.05) is 31.2 Å². The molecule has 14 heavy (non-hydrogen) atoms. The van der Waals surface area contributed by atoms with Gasteiger partial charge < -0.3 is 16.0 Å². The van der Waals surface area contributed by atoms with E-state index in [1.165, 1.54) is 0 Å². The molecule has 0 aromatic carbocycles. The molecular formula is C8H18N6. The topological polar surface area (TPSA) is 82.9 Å². The van der Waals surface area contributed by atoms with Gasteiger partial charge in [0.05, 0.1) is 0 Å². The lowest BCUT2D eigenvalue weighted by Crippen LogP contribution is -2.31. The SMILES string of the molecule is CC(C)N(C)CCNc1n[nH]c(N)n1. The van der Waals surface area contributed by atoms with Gasteiger partial charge in [0.2, 0.25) is 11.9 Å². The van der Waals surface area contributed by atoms with E-state index in [1.807, 2.05) is 0 Å². The molecule has 0 aliphatic rings. The number of nitrogens with two attached hydrogens (primary N) is 1. The van der Waals surface area contributed by atoms with Crippen LogP contribution < -0.4 is 11.1 Å². The number of rotatable bonds is 5. The molecule has 0 atom stereocenters. The number of hydrogen-bond acceptors (Lipinski definition) is 5. The Morgan fingerprint density at radius 3 is 2.79 bits per heavy atom. The number of nitrogens with zero attached hydrogens (tertiary/aromatic N) is 3. The Morgan fingerprint density at radius 2 is 2.29 bits per heavy atom. The van der Waals surface area contributed by atoms with Crippen molar-refractivity contribution in [1.82, 2.24) is 20.1 Å². The highest BCUT2D eigenvalue weighted by Crippen LogP contribution is 1.98. The van der Waals surface area contributed by atoms with Gasteiger partial charge in [0.25, 0.3) is 0 Å². The first-order valence-corrected chi connectivity index (χ1v) is 4.71. The monoisotopic (exact) mass is 198 g/mol. The van der Waals surface area contributed by atoms with Crippen LogP contribution in [0.1, 0.15) is 13.8 Å². The van der Waals surface area contributed by atoms with Crippen LogP contribution in [0.5, 0.6) is 0 Å². The Balaban J connectivity index is 2.22. The normalized spacial score (nSPS) is 11.2. The summed E-state index contributed by atoms with van der Waals surface area (Å²) in [4.78, 5) is 6.17. The summed E-state index contributed by atoms with van der Waals surface area (Å²) in [6.45, 7) is 6.08. The molecule has 0 amide bonds. The molecule has 1 aromatic rings. The number of anilines is 2. The summed E-state index contributed by atoms with van der Waals surface area (Å²) in [6.07, 6.45) is 0. The summed E-state index contributed by atoms with van der Waals surface area (Å²) in [7, 11) is 2.08. The molecule has 0 aliphatic heterocycles. The second kappa shape index (κ2) is 4.80. The summed E-state index contributed by atoms with van der Waals surface area (Å²) >= 11 is 0. The molecule has 0 fully saturated rings. The van der Waals surface area contributed by atoms with Gasteiger partial charge in [-0.1, -0.05) is 0 Å². The Morgan fingerprint density at radius 1 is 1.57 bits per heavy atom. The highest BCUT2D eigenvalue weighted by molar-refractivity contribution is 5.29. The van der Waals surface area contributed by atoms with Crippen LogP contribution >= 0.6 is 0 Å². The smallest absolute Gasteiger partial charge is 0.243 e. The zero-order valence-electron chi connectivity index (χ0n) is 8.91. The van der Waals surface area contributed by atoms with Gasteiger partial charge in [-0.25, -0.2) is 5.10 Å². The van der Waals surface area contributed by atoms with Crippen LogP contribution in [0, 0.1) is 0 Å². The highest BCUT2D eigenvalue weighted by Gasteiger charge is 2.03. The highest BCUT2D eigenvalue weighted by atomic mass is 15.3. The van der Waals surface area contributed by atoms with Crippen LogP contribution in [0.3, 0.4) is 0 Å². The average molecular weight is 198 g/mol. The van der Waals surface area contributed by atoms with Crippen molar-refractivity contribution in [3.05, 3.63) is 0 Å². The zero-order chi connectivity index (χ0) is 10.6. The van der Waals surface area contributed by atoms with Crippen LogP contribution in [0.15, 0.2) is 0 Å². The van der Waals surface area contributed by atoms with E-state index in [9.17, 15) is 0 Å². The van der Waals surface area contributed by atoms with Crippen LogP contribution in [0.2, 0.25) is 0 Å². The summed E-state index contributed by atoms with van der Waals surface area (Å²) in [5, 5.41) is 9.51. The first kappa shape index (κ1) is 10.8. The molecule has 0 aliphatic carbocycles. The largest absolute Gasteiger partial charge is 0.368 e. The second-order valence-electron chi connectivity index (χ2n) is 3.55. The molecule has 0 unspecified atom stereocenters. The minimum atomic E-state index is 0.338. The average Bonchev–Trinajstić information content (AvgIpc) is 2.51. The van der Waals surface area contributed by atoms with Gasteiger partial charge in [-0.05, 0) is 20.9 Å². The molecule has 4 N–H and O–H groups in total. The van der Waals surface area contributed by atoms with Crippen molar-refractivity contribution >= 4 is 11.9 Å². The van der Waals surface area contributed by atoms with Crippen LogP contribution in [-0.2, 0) is 0 Å². The van der Waals surface area contributed by atoms with Gasteiger partial charge in [-0.3, -0.25) is 0 Å². The zero-order valence-corrected chi connectivity index (χ0v) is 8.91. The van der Waals surface area contributed by atoms with Gasteiger partial charge in [-0.2, -0.15) is 4.98 Å². The molecule has 0 saturated carbocycles. The van der Waals surface area contributed by atoms with Gasteiger partial charge in [0, 0.05) is 19.1 Å². The standard InChI is InChI=1S/C8H18N6/c1-6(2)14(3)5-4-10-8-11-7(9)12-13-8/h6H,4-5H2,1-3H3,(H4,9,10,11,12,13). The number of nitrogens with one attached hydrogen (secondary N) is 2. The van der Waals surface area contributed by atoms with Gasteiger partial charge in [0.15, 0.2) is 0 Å². The van der Waals surface area contributed by atoms with Gasteiger partial charge >= 0.3 is 0 Å². The predicted molar refractivity (Wildman–Crippen MR) is 57.1 cm³/mol. The van der Waals surface area contributed by atoms with E-state index in [1.54, 1.807) is 0 Å². The van der Waals surface area contributed by atoms with Crippen molar-refractivity contribution in [2.24, 2.45) is 0 Å². The quantitative estimate of drug-likeness (QED) is 0.627. The lowest BCUT2D eigenvalue weighted by molar-refractivity contribution is 0.284. The number of aromatic amines is 1. The van der Waals surface area contributed by atoms with Crippen molar-refractivity contribution in [2.45, 2.75) is 19.9 Å². The Kier molecular flexibility index (Phi) is 3.70. The van der Waals surface area contributed by atoms with Crippen LogP contribution in [0.25, 0.3) is 0 Å². The lowest BCUT2D eigenvalue weighted by atomic mass is 10.3. The molecular weight excluding hydrogens is 180 g/mol. The molecule has 1 heterocycles. The molecule has 0 radical (unpaired) electrons. The van der Waals surface area contributed by atoms with Crippen molar-refractivity contribution < 1.29 is 0 Å². The van der Waals surface area contributed by atoms with Gasteiger partial charge in [0.1, 0.15) is 0 Å². The van der Waals surface area contributed by atoms with E-state index in [2.05, 4.69) is 46.3 Å². The third-order valence-electron chi connectivity index (χ3n) is 2.13. The van der Waals surface area contributed by atoms with E-state index in [-0.39, 0.29) is 0 Å². The maximum Gasteiger partial charge on any atom is 0.243 e. The number of likely N-dealkylation sites (N-methyl/N-ethyl adjacent to an activating group) is 1. The summed E-state index contributed by atoms with van der Waals surface area (Å²) in [6, 6.07) is 0.550. The fraction of sp³-hybridized carbons (Fsp3) is 0.750.